The van der Waals surface area contributed by atoms with Crippen molar-refractivity contribution < 1.29 is 13.5 Å². The fourth-order valence-corrected chi connectivity index (χ4v) is 6.12. The van der Waals surface area contributed by atoms with Crippen molar-refractivity contribution in [2.75, 3.05) is 11.9 Å². The number of rotatable bonds is 5. The Balaban J connectivity index is 1.60. The highest BCUT2D eigenvalue weighted by molar-refractivity contribution is 7.89. The van der Waals surface area contributed by atoms with Crippen molar-refractivity contribution in [1.82, 2.24) is 4.72 Å². The summed E-state index contributed by atoms with van der Waals surface area (Å²) < 4.78 is 28.0. The summed E-state index contributed by atoms with van der Waals surface area (Å²) in [5.74, 6) is 0.583. The van der Waals surface area contributed by atoms with Gasteiger partial charge < -0.3 is 10.4 Å². The average Bonchev–Trinajstić information content (AvgIpc) is 3.27. The molecule has 0 fully saturated rings. The van der Waals surface area contributed by atoms with Gasteiger partial charge in [0.25, 0.3) is 0 Å². The van der Waals surface area contributed by atoms with Gasteiger partial charge in [-0.3, -0.25) is 0 Å². The van der Waals surface area contributed by atoms with Crippen LogP contribution in [0.2, 0.25) is 0 Å². The van der Waals surface area contributed by atoms with Crippen molar-refractivity contribution in [2.45, 2.75) is 36.6 Å². The number of hydrogen-bond acceptors (Lipinski definition) is 4. The van der Waals surface area contributed by atoms with Crippen LogP contribution in [-0.2, 0) is 10.0 Å². The van der Waals surface area contributed by atoms with Gasteiger partial charge in [-0.05, 0) is 59.4 Å². The Morgan fingerprint density at radius 3 is 2.81 bits per heavy atom. The standard InChI is InChI=1S/C25H26N2O3S/c1-2-14-26-31(29,30)17-11-12-22-21(15-17)19-8-5-9-20(19)25(27-22)24-18-7-4-3-6-16(18)10-13-23(24)28/h3-8,10-13,15,19-20,25-28H,2,9,14H2,1H3. The Labute approximate surface area is 182 Å². The Morgan fingerprint density at radius 1 is 1.13 bits per heavy atom. The molecule has 5 nitrogen and oxygen atoms in total. The quantitative estimate of drug-likeness (QED) is 0.491. The van der Waals surface area contributed by atoms with Gasteiger partial charge in [0.15, 0.2) is 0 Å². The van der Waals surface area contributed by atoms with E-state index in [0.29, 0.717) is 11.4 Å². The molecule has 5 rings (SSSR count). The number of aromatic hydroxyl groups is 1. The summed E-state index contributed by atoms with van der Waals surface area (Å²) in [6.45, 7) is 2.36. The van der Waals surface area contributed by atoms with Crippen molar-refractivity contribution in [3.63, 3.8) is 0 Å². The molecular weight excluding hydrogens is 408 g/mol. The summed E-state index contributed by atoms with van der Waals surface area (Å²) >= 11 is 0. The van der Waals surface area contributed by atoms with E-state index < -0.39 is 10.0 Å². The van der Waals surface area contributed by atoms with E-state index in [-0.39, 0.29) is 23.6 Å². The lowest BCUT2D eigenvalue weighted by Gasteiger charge is -2.38. The van der Waals surface area contributed by atoms with E-state index in [4.69, 9.17) is 0 Å². The normalized spacial score (nSPS) is 22.2. The monoisotopic (exact) mass is 434 g/mol. The van der Waals surface area contributed by atoms with E-state index in [2.05, 4.69) is 28.3 Å². The third-order valence-corrected chi connectivity index (χ3v) is 7.90. The summed E-state index contributed by atoms with van der Waals surface area (Å²) in [5.41, 5.74) is 2.82. The molecule has 0 radical (unpaired) electrons. The van der Waals surface area contributed by atoms with Gasteiger partial charge in [0, 0.05) is 23.7 Å². The zero-order chi connectivity index (χ0) is 21.6. The summed E-state index contributed by atoms with van der Waals surface area (Å²) in [5, 5.41) is 16.6. The van der Waals surface area contributed by atoms with Gasteiger partial charge in [-0.2, -0.15) is 0 Å². The SMILES string of the molecule is CCCNS(=O)(=O)c1ccc2c(c1)C1C=CCC1C(c1c(O)ccc3ccccc13)N2. The molecule has 0 amide bonds. The number of benzene rings is 3. The largest absolute Gasteiger partial charge is 0.508 e. The summed E-state index contributed by atoms with van der Waals surface area (Å²) in [6.07, 6.45) is 5.96. The van der Waals surface area contributed by atoms with E-state index >= 15 is 0 Å². The highest BCUT2D eigenvalue weighted by Gasteiger charge is 2.40. The molecule has 3 atom stereocenters. The van der Waals surface area contributed by atoms with Crippen molar-refractivity contribution >= 4 is 26.5 Å². The summed E-state index contributed by atoms with van der Waals surface area (Å²) in [7, 11) is -3.53. The third-order valence-electron chi connectivity index (χ3n) is 6.45. The maximum atomic E-state index is 12.7. The second kappa shape index (κ2) is 7.70. The van der Waals surface area contributed by atoms with Crippen LogP contribution in [0.5, 0.6) is 5.75 Å². The number of sulfonamides is 1. The van der Waals surface area contributed by atoms with Gasteiger partial charge in [-0.25, -0.2) is 13.1 Å². The molecule has 1 aliphatic heterocycles. The van der Waals surface area contributed by atoms with E-state index in [0.717, 1.165) is 40.4 Å². The first-order valence-electron chi connectivity index (χ1n) is 10.8. The molecule has 0 spiro atoms. The summed E-state index contributed by atoms with van der Waals surface area (Å²) in [6, 6.07) is 17.0. The van der Waals surface area contributed by atoms with E-state index in [1.165, 1.54) is 0 Å². The Kier molecular flexibility index (Phi) is 4.99. The number of fused-ring (bicyclic) bond motifs is 4. The first-order chi connectivity index (χ1) is 15.0. The predicted molar refractivity (Wildman–Crippen MR) is 124 cm³/mol. The van der Waals surface area contributed by atoms with Gasteiger partial charge in [-0.15, -0.1) is 0 Å². The number of anilines is 1. The highest BCUT2D eigenvalue weighted by Crippen LogP contribution is 2.52. The zero-order valence-electron chi connectivity index (χ0n) is 17.4. The second-order valence-corrected chi connectivity index (χ2v) is 10.1. The molecule has 0 bridgehead atoms. The zero-order valence-corrected chi connectivity index (χ0v) is 18.2. The Bertz CT molecular complexity index is 1280. The number of hydrogen-bond donors (Lipinski definition) is 3. The lowest BCUT2D eigenvalue weighted by atomic mass is 9.76. The average molecular weight is 435 g/mol. The van der Waals surface area contributed by atoms with E-state index in [1.807, 2.05) is 37.3 Å². The topological polar surface area (TPSA) is 78.4 Å². The van der Waals surface area contributed by atoms with Crippen molar-refractivity contribution in [1.29, 1.82) is 0 Å². The molecule has 2 aliphatic rings. The fourth-order valence-electron chi connectivity index (χ4n) is 4.96. The van der Waals surface area contributed by atoms with Crippen LogP contribution in [-0.4, -0.2) is 20.1 Å². The third kappa shape index (κ3) is 3.40. The van der Waals surface area contributed by atoms with E-state index in [9.17, 15) is 13.5 Å². The minimum atomic E-state index is -3.53. The second-order valence-electron chi connectivity index (χ2n) is 8.34. The highest BCUT2D eigenvalue weighted by atomic mass is 32.2. The molecule has 160 valence electrons. The molecule has 0 aromatic heterocycles. The van der Waals surface area contributed by atoms with Crippen LogP contribution >= 0.6 is 0 Å². The maximum absolute atomic E-state index is 12.7. The van der Waals surface area contributed by atoms with Gasteiger partial charge in [-0.1, -0.05) is 49.4 Å². The Hall–Kier alpha value is -2.83. The molecule has 31 heavy (non-hydrogen) atoms. The minimum absolute atomic E-state index is 0.0701. The maximum Gasteiger partial charge on any atom is 0.240 e. The molecule has 3 unspecified atom stereocenters. The molecule has 0 saturated carbocycles. The van der Waals surface area contributed by atoms with Crippen LogP contribution in [0.25, 0.3) is 10.8 Å². The lowest BCUT2D eigenvalue weighted by molar-refractivity contribution is 0.404. The van der Waals surface area contributed by atoms with Gasteiger partial charge in [0.1, 0.15) is 5.75 Å². The van der Waals surface area contributed by atoms with Crippen LogP contribution in [0.1, 0.15) is 42.9 Å². The Morgan fingerprint density at radius 2 is 1.97 bits per heavy atom. The molecule has 3 aromatic rings. The lowest BCUT2D eigenvalue weighted by Crippen LogP contribution is -2.30. The van der Waals surface area contributed by atoms with E-state index in [1.54, 1.807) is 18.2 Å². The van der Waals surface area contributed by atoms with Gasteiger partial charge in [0.2, 0.25) is 10.0 Å². The van der Waals surface area contributed by atoms with Gasteiger partial charge >= 0.3 is 0 Å². The summed E-state index contributed by atoms with van der Waals surface area (Å²) in [4.78, 5) is 0.298. The molecule has 1 aliphatic carbocycles. The van der Waals surface area contributed by atoms with Crippen LogP contribution in [0, 0.1) is 5.92 Å². The first-order valence-corrected chi connectivity index (χ1v) is 12.3. The molecule has 1 heterocycles. The van der Waals surface area contributed by atoms with Crippen molar-refractivity contribution in [2.24, 2.45) is 5.92 Å². The smallest absolute Gasteiger partial charge is 0.240 e. The van der Waals surface area contributed by atoms with Crippen LogP contribution in [0.4, 0.5) is 5.69 Å². The van der Waals surface area contributed by atoms with Crippen LogP contribution in [0.15, 0.2) is 71.6 Å². The molecule has 3 N–H and O–H groups in total. The number of phenolic OH excluding ortho intramolecular Hbond substituents is 1. The molecule has 6 heteroatoms. The van der Waals surface area contributed by atoms with Crippen molar-refractivity contribution in [3.05, 3.63) is 77.9 Å². The molecular formula is C25H26N2O3S. The van der Waals surface area contributed by atoms with Crippen LogP contribution in [0.3, 0.4) is 0 Å². The number of allylic oxidation sites excluding steroid dienone is 2. The van der Waals surface area contributed by atoms with Crippen molar-refractivity contribution in [3.8, 4) is 5.75 Å². The minimum Gasteiger partial charge on any atom is -0.508 e. The number of phenols is 1. The first kappa shape index (κ1) is 20.1. The van der Waals surface area contributed by atoms with Crippen LogP contribution < -0.4 is 10.0 Å². The fraction of sp³-hybridized carbons (Fsp3) is 0.280. The van der Waals surface area contributed by atoms with Gasteiger partial charge in [0.05, 0.1) is 10.9 Å². The molecule has 0 saturated heterocycles. The number of nitrogens with one attached hydrogen (secondary N) is 2. The predicted octanol–water partition coefficient (Wildman–Crippen LogP) is 5.06. The molecule has 3 aromatic carbocycles.